The number of amides is 1. The summed E-state index contributed by atoms with van der Waals surface area (Å²) in [5.74, 6) is 0.201. The Labute approximate surface area is 127 Å². The van der Waals surface area contributed by atoms with Gasteiger partial charge in [0.25, 0.3) is 5.91 Å². The Balaban J connectivity index is 2.38. The number of aliphatic hydroxyl groups excluding tert-OH is 1. The second-order valence-corrected chi connectivity index (χ2v) is 5.14. The van der Waals surface area contributed by atoms with E-state index in [9.17, 15) is 9.59 Å². The van der Waals surface area contributed by atoms with Gasteiger partial charge in [0.05, 0.1) is 11.7 Å². The summed E-state index contributed by atoms with van der Waals surface area (Å²) in [6.07, 6.45) is 0.450. The molecule has 1 amide bonds. The first-order valence-corrected chi connectivity index (χ1v) is 7.15. The molecule has 0 aliphatic heterocycles. The number of hydrogen-bond acceptors (Lipinski definition) is 5. The molecule has 2 N–H and O–H groups in total. The van der Waals surface area contributed by atoms with Crippen LogP contribution in [0.5, 0.6) is 5.75 Å². The van der Waals surface area contributed by atoms with E-state index in [-0.39, 0.29) is 24.2 Å². The third kappa shape index (κ3) is 3.85. The molecule has 0 spiro atoms. The molecule has 0 saturated heterocycles. The van der Waals surface area contributed by atoms with Crippen molar-refractivity contribution < 1.29 is 19.1 Å². The highest BCUT2D eigenvalue weighted by Gasteiger charge is 2.13. The van der Waals surface area contributed by atoms with E-state index in [2.05, 4.69) is 5.32 Å². The number of aliphatic hydroxyl groups is 1. The second-order valence-electron chi connectivity index (χ2n) is 5.14. The van der Waals surface area contributed by atoms with E-state index in [0.29, 0.717) is 29.7 Å². The average molecular weight is 305 g/mol. The smallest absolute Gasteiger partial charge is 0.337 e. The van der Waals surface area contributed by atoms with E-state index in [1.54, 1.807) is 18.2 Å². The van der Waals surface area contributed by atoms with Gasteiger partial charge in [-0.05, 0) is 32.4 Å². The molecule has 0 aliphatic carbocycles. The van der Waals surface area contributed by atoms with Crippen LogP contribution >= 0.6 is 0 Å². The van der Waals surface area contributed by atoms with Crippen molar-refractivity contribution in [2.24, 2.45) is 0 Å². The minimum absolute atomic E-state index is 0.00543. The molecule has 0 unspecified atom stereocenters. The Bertz CT molecular complexity index is 720. The van der Waals surface area contributed by atoms with Crippen LogP contribution in [0, 0.1) is 0 Å². The van der Waals surface area contributed by atoms with Crippen molar-refractivity contribution in [3.05, 3.63) is 40.2 Å². The zero-order valence-corrected chi connectivity index (χ0v) is 12.6. The van der Waals surface area contributed by atoms with Gasteiger partial charge in [0.15, 0.2) is 0 Å². The van der Waals surface area contributed by atoms with E-state index in [0.717, 1.165) is 0 Å². The number of carbonyl (C=O) groups is 1. The van der Waals surface area contributed by atoms with Crippen LogP contribution in [0.15, 0.2) is 33.5 Å². The van der Waals surface area contributed by atoms with Crippen LogP contribution in [0.1, 0.15) is 30.6 Å². The summed E-state index contributed by atoms with van der Waals surface area (Å²) < 4.78 is 10.7. The number of benzene rings is 1. The molecule has 0 saturated carbocycles. The average Bonchev–Trinajstić information content (AvgIpc) is 2.45. The van der Waals surface area contributed by atoms with Crippen molar-refractivity contribution in [1.29, 1.82) is 0 Å². The van der Waals surface area contributed by atoms with E-state index in [1.165, 1.54) is 6.07 Å². The van der Waals surface area contributed by atoms with Crippen LogP contribution in [0.2, 0.25) is 0 Å². The molecule has 0 aliphatic rings. The third-order valence-corrected chi connectivity index (χ3v) is 2.95. The van der Waals surface area contributed by atoms with Crippen molar-refractivity contribution in [2.75, 3.05) is 13.2 Å². The monoisotopic (exact) mass is 305 g/mol. The minimum Gasteiger partial charge on any atom is -0.491 e. The minimum atomic E-state index is -0.596. The van der Waals surface area contributed by atoms with Gasteiger partial charge in [-0.25, -0.2) is 4.79 Å². The van der Waals surface area contributed by atoms with Gasteiger partial charge in [-0.2, -0.15) is 0 Å². The number of fused-ring (bicyclic) bond motifs is 1. The fourth-order valence-electron chi connectivity index (χ4n) is 2.05. The van der Waals surface area contributed by atoms with Gasteiger partial charge in [0, 0.05) is 30.7 Å². The SMILES string of the molecule is CC(C)Oc1ccc2c(C(=O)NCCCO)cc(=O)oc2c1. The summed E-state index contributed by atoms with van der Waals surface area (Å²) >= 11 is 0. The molecule has 0 radical (unpaired) electrons. The van der Waals surface area contributed by atoms with E-state index < -0.39 is 5.63 Å². The number of rotatable bonds is 6. The summed E-state index contributed by atoms with van der Waals surface area (Å²) in [5.41, 5.74) is -0.0419. The lowest BCUT2D eigenvalue weighted by Crippen LogP contribution is -2.26. The Morgan fingerprint density at radius 1 is 1.36 bits per heavy atom. The molecular weight excluding hydrogens is 286 g/mol. The maximum absolute atomic E-state index is 12.1. The number of hydrogen-bond donors (Lipinski definition) is 2. The summed E-state index contributed by atoms with van der Waals surface area (Å²) in [4.78, 5) is 23.8. The number of nitrogens with one attached hydrogen (secondary N) is 1. The first-order chi connectivity index (χ1) is 10.5. The van der Waals surface area contributed by atoms with Gasteiger partial charge in [0.2, 0.25) is 0 Å². The van der Waals surface area contributed by atoms with Gasteiger partial charge in [-0.3, -0.25) is 4.79 Å². The third-order valence-electron chi connectivity index (χ3n) is 2.95. The molecule has 2 rings (SSSR count). The highest BCUT2D eigenvalue weighted by Crippen LogP contribution is 2.23. The fourth-order valence-corrected chi connectivity index (χ4v) is 2.05. The maximum atomic E-state index is 12.1. The predicted octanol–water partition coefficient (Wildman–Crippen LogP) is 1.69. The second kappa shape index (κ2) is 7.09. The fraction of sp³-hybridized carbons (Fsp3) is 0.375. The predicted molar refractivity (Wildman–Crippen MR) is 82.3 cm³/mol. The van der Waals surface area contributed by atoms with E-state index in [4.69, 9.17) is 14.3 Å². The highest BCUT2D eigenvalue weighted by atomic mass is 16.5. The van der Waals surface area contributed by atoms with Crippen molar-refractivity contribution in [3.8, 4) is 5.75 Å². The van der Waals surface area contributed by atoms with Crippen LogP contribution in [-0.2, 0) is 0 Å². The van der Waals surface area contributed by atoms with Crippen molar-refractivity contribution in [3.63, 3.8) is 0 Å². The zero-order valence-electron chi connectivity index (χ0n) is 12.6. The van der Waals surface area contributed by atoms with Gasteiger partial charge in [0.1, 0.15) is 11.3 Å². The molecule has 0 atom stereocenters. The van der Waals surface area contributed by atoms with E-state index in [1.807, 2.05) is 13.8 Å². The molecule has 0 bridgehead atoms. The molecule has 0 fully saturated rings. The lowest BCUT2D eigenvalue weighted by Gasteiger charge is -2.11. The van der Waals surface area contributed by atoms with Crippen molar-refractivity contribution >= 4 is 16.9 Å². The molecular formula is C16H19NO5. The lowest BCUT2D eigenvalue weighted by molar-refractivity contribution is 0.0952. The van der Waals surface area contributed by atoms with Gasteiger partial charge in [-0.1, -0.05) is 0 Å². The quantitative estimate of drug-likeness (QED) is 0.626. The molecule has 1 aromatic carbocycles. The maximum Gasteiger partial charge on any atom is 0.337 e. The topological polar surface area (TPSA) is 88.8 Å². The van der Waals surface area contributed by atoms with Crippen LogP contribution in [0.4, 0.5) is 0 Å². The zero-order chi connectivity index (χ0) is 16.1. The molecule has 22 heavy (non-hydrogen) atoms. The first-order valence-electron chi connectivity index (χ1n) is 7.15. The standard InChI is InChI=1S/C16H19NO5/c1-10(2)21-11-4-5-12-13(16(20)17-6-3-7-18)9-15(19)22-14(12)8-11/h4-5,8-10,18H,3,6-7H2,1-2H3,(H,17,20). The summed E-state index contributed by atoms with van der Waals surface area (Å²) in [5, 5.41) is 11.9. The number of ether oxygens (including phenoxy) is 1. The molecule has 1 aromatic heterocycles. The van der Waals surface area contributed by atoms with Crippen LogP contribution in [0.3, 0.4) is 0 Å². The van der Waals surface area contributed by atoms with Crippen LogP contribution < -0.4 is 15.7 Å². The highest BCUT2D eigenvalue weighted by molar-refractivity contribution is 6.05. The Morgan fingerprint density at radius 3 is 2.82 bits per heavy atom. The normalized spacial score (nSPS) is 10.9. The lowest BCUT2D eigenvalue weighted by atomic mass is 10.1. The van der Waals surface area contributed by atoms with E-state index >= 15 is 0 Å². The van der Waals surface area contributed by atoms with Gasteiger partial charge >= 0.3 is 5.63 Å². The Kier molecular flexibility index (Phi) is 5.16. The Hall–Kier alpha value is -2.34. The largest absolute Gasteiger partial charge is 0.491 e. The molecule has 2 aromatic rings. The molecule has 6 heteroatoms. The van der Waals surface area contributed by atoms with Crippen LogP contribution in [-0.4, -0.2) is 30.3 Å². The van der Waals surface area contributed by atoms with Crippen LogP contribution in [0.25, 0.3) is 11.0 Å². The first kappa shape index (κ1) is 16.0. The number of carbonyl (C=O) groups excluding carboxylic acids is 1. The van der Waals surface area contributed by atoms with Gasteiger partial charge in [-0.15, -0.1) is 0 Å². The molecule has 118 valence electrons. The summed E-state index contributed by atoms with van der Waals surface area (Å²) in [6.45, 7) is 4.12. The summed E-state index contributed by atoms with van der Waals surface area (Å²) in [7, 11) is 0. The molecule has 6 nitrogen and oxygen atoms in total. The van der Waals surface area contributed by atoms with Gasteiger partial charge < -0.3 is 19.6 Å². The van der Waals surface area contributed by atoms with Crippen molar-refractivity contribution in [1.82, 2.24) is 5.32 Å². The Morgan fingerprint density at radius 2 is 2.14 bits per heavy atom. The molecule has 1 heterocycles. The van der Waals surface area contributed by atoms with Crippen molar-refractivity contribution in [2.45, 2.75) is 26.4 Å². The summed E-state index contributed by atoms with van der Waals surface area (Å²) in [6, 6.07) is 6.19.